The molecule has 1 aromatic heterocycles. The number of nitrogens with zero attached hydrogens (tertiary/aromatic N) is 4. The molecule has 1 amide bonds. The number of carbonyl (C=O) groups excluding carboxylic acids is 1. The Morgan fingerprint density at radius 1 is 0.974 bits per heavy atom. The molecule has 210 valence electrons. The van der Waals surface area contributed by atoms with Crippen molar-refractivity contribution in [2.24, 2.45) is 0 Å². The second-order valence-electron chi connectivity index (χ2n) is 9.30. The number of hydrogen-bond acceptors (Lipinski definition) is 7. The highest BCUT2D eigenvalue weighted by atomic mass is 35.5. The molecular weight excluding hydrogens is 544 g/mol. The predicted octanol–water partition coefficient (Wildman–Crippen LogP) is 5.44. The van der Waals surface area contributed by atoms with Crippen LogP contribution in [0.3, 0.4) is 0 Å². The van der Waals surface area contributed by atoms with E-state index in [1.165, 1.54) is 27.8 Å². The summed E-state index contributed by atoms with van der Waals surface area (Å²) in [5, 5.41) is 0.597. The summed E-state index contributed by atoms with van der Waals surface area (Å²) in [6.45, 7) is 8.18. The van der Waals surface area contributed by atoms with Crippen LogP contribution >= 0.6 is 23.7 Å². The van der Waals surface area contributed by atoms with E-state index in [1.807, 2.05) is 47.0 Å². The number of benzene rings is 2. The molecule has 0 saturated carbocycles. The predicted molar refractivity (Wildman–Crippen MR) is 159 cm³/mol. The first-order valence-corrected chi connectivity index (χ1v) is 14.9. The van der Waals surface area contributed by atoms with Crippen molar-refractivity contribution >= 4 is 55.0 Å². The van der Waals surface area contributed by atoms with Crippen LogP contribution in [0, 0.1) is 6.92 Å². The van der Waals surface area contributed by atoms with Gasteiger partial charge >= 0.3 is 0 Å². The van der Waals surface area contributed by atoms with Crippen molar-refractivity contribution in [3.8, 4) is 5.75 Å². The third-order valence-electron chi connectivity index (χ3n) is 6.06. The summed E-state index contributed by atoms with van der Waals surface area (Å²) >= 11 is 1.46. The van der Waals surface area contributed by atoms with E-state index in [-0.39, 0.29) is 23.2 Å². The average molecular weight is 583 g/mol. The zero-order valence-corrected chi connectivity index (χ0v) is 25.5. The number of aromatic nitrogens is 1. The topological polar surface area (TPSA) is 83.1 Å². The SMILES string of the molecule is CCCN(CCC)S(=O)(=O)c1ccc(C(=O)N(CCCN(C)C)c2nc3c(OC)ccc(C)c3s2)cc1.Cl. The third kappa shape index (κ3) is 7.24. The number of rotatable bonds is 13. The minimum absolute atomic E-state index is 0. The maximum Gasteiger partial charge on any atom is 0.260 e. The molecule has 0 radical (unpaired) electrons. The summed E-state index contributed by atoms with van der Waals surface area (Å²) in [4.78, 5) is 22.5. The largest absolute Gasteiger partial charge is 0.494 e. The highest BCUT2D eigenvalue weighted by Crippen LogP contribution is 2.37. The second kappa shape index (κ2) is 14.2. The number of ether oxygens (including phenoxy) is 1. The van der Waals surface area contributed by atoms with E-state index >= 15 is 0 Å². The van der Waals surface area contributed by atoms with Crippen LogP contribution in [0.1, 0.15) is 49.0 Å². The summed E-state index contributed by atoms with van der Waals surface area (Å²) in [6.07, 6.45) is 2.24. The van der Waals surface area contributed by atoms with E-state index in [1.54, 1.807) is 24.1 Å². The molecule has 0 aliphatic carbocycles. The molecule has 0 aliphatic heterocycles. The number of carbonyl (C=O) groups is 1. The van der Waals surface area contributed by atoms with Crippen LogP contribution in [0.5, 0.6) is 5.75 Å². The molecule has 1 heterocycles. The number of aryl methyl sites for hydroxylation is 1. The van der Waals surface area contributed by atoms with Gasteiger partial charge < -0.3 is 9.64 Å². The van der Waals surface area contributed by atoms with Gasteiger partial charge in [0.15, 0.2) is 5.13 Å². The number of amides is 1. The minimum atomic E-state index is -3.62. The molecule has 3 rings (SSSR count). The van der Waals surface area contributed by atoms with Gasteiger partial charge in [-0.3, -0.25) is 9.69 Å². The minimum Gasteiger partial charge on any atom is -0.494 e. The summed E-state index contributed by atoms with van der Waals surface area (Å²) in [5.74, 6) is 0.458. The number of hydrogen-bond donors (Lipinski definition) is 0. The van der Waals surface area contributed by atoms with E-state index in [9.17, 15) is 13.2 Å². The van der Waals surface area contributed by atoms with Gasteiger partial charge in [0, 0.05) is 25.2 Å². The molecule has 0 unspecified atom stereocenters. The maximum absolute atomic E-state index is 13.7. The fraction of sp³-hybridized carbons (Fsp3) is 0.481. The lowest BCUT2D eigenvalue weighted by Gasteiger charge is -2.22. The van der Waals surface area contributed by atoms with Gasteiger partial charge in [0.1, 0.15) is 11.3 Å². The van der Waals surface area contributed by atoms with Crippen molar-refractivity contribution in [3.05, 3.63) is 47.5 Å². The number of fused-ring (bicyclic) bond motifs is 1. The lowest BCUT2D eigenvalue weighted by molar-refractivity contribution is 0.0986. The van der Waals surface area contributed by atoms with Crippen LogP contribution in [0.2, 0.25) is 0 Å². The van der Waals surface area contributed by atoms with Crippen LogP contribution in [-0.2, 0) is 10.0 Å². The summed E-state index contributed by atoms with van der Waals surface area (Å²) in [7, 11) is 1.99. The van der Waals surface area contributed by atoms with Crippen molar-refractivity contribution in [1.82, 2.24) is 14.2 Å². The molecule has 0 aliphatic rings. The zero-order valence-electron chi connectivity index (χ0n) is 23.1. The number of halogens is 1. The van der Waals surface area contributed by atoms with Crippen LogP contribution in [0.15, 0.2) is 41.3 Å². The molecule has 2 aromatic carbocycles. The smallest absolute Gasteiger partial charge is 0.260 e. The van der Waals surface area contributed by atoms with Gasteiger partial charge in [-0.25, -0.2) is 13.4 Å². The molecule has 0 spiro atoms. The van der Waals surface area contributed by atoms with Crippen molar-refractivity contribution in [2.45, 2.75) is 44.9 Å². The number of thiazole rings is 1. The first-order valence-electron chi connectivity index (χ1n) is 12.6. The van der Waals surface area contributed by atoms with Crippen LogP contribution in [-0.4, -0.2) is 75.9 Å². The number of anilines is 1. The Balaban J connectivity index is 0.00000507. The van der Waals surface area contributed by atoms with Crippen molar-refractivity contribution < 1.29 is 17.9 Å². The summed E-state index contributed by atoms with van der Waals surface area (Å²) in [6, 6.07) is 10.1. The highest BCUT2D eigenvalue weighted by molar-refractivity contribution is 7.89. The van der Waals surface area contributed by atoms with Gasteiger partial charge in [0.05, 0.1) is 16.7 Å². The lowest BCUT2D eigenvalue weighted by Crippen LogP contribution is -2.34. The monoisotopic (exact) mass is 582 g/mol. The lowest BCUT2D eigenvalue weighted by atomic mass is 10.2. The maximum atomic E-state index is 13.7. The average Bonchev–Trinajstić information content (AvgIpc) is 3.32. The molecule has 11 heteroatoms. The van der Waals surface area contributed by atoms with Crippen molar-refractivity contribution in [2.75, 3.05) is 52.3 Å². The summed E-state index contributed by atoms with van der Waals surface area (Å²) < 4.78 is 34.3. The Morgan fingerprint density at radius 2 is 1.61 bits per heavy atom. The molecular formula is C27H39ClN4O4S2. The molecule has 8 nitrogen and oxygen atoms in total. The molecule has 0 N–H and O–H groups in total. The van der Waals surface area contributed by atoms with Gasteiger partial charge in [-0.2, -0.15) is 4.31 Å². The summed E-state index contributed by atoms with van der Waals surface area (Å²) in [5.41, 5.74) is 2.23. The fourth-order valence-corrected chi connectivity index (χ4v) is 6.83. The van der Waals surface area contributed by atoms with E-state index < -0.39 is 10.0 Å². The van der Waals surface area contributed by atoms with Gasteiger partial charge in [-0.15, -0.1) is 12.4 Å². The van der Waals surface area contributed by atoms with E-state index in [0.717, 1.165) is 41.6 Å². The van der Waals surface area contributed by atoms with Crippen molar-refractivity contribution in [3.63, 3.8) is 0 Å². The van der Waals surface area contributed by atoms with E-state index in [4.69, 9.17) is 9.72 Å². The van der Waals surface area contributed by atoms with Gasteiger partial charge in [0.2, 0.25) is 10.0 Å². The molecule has 0 atom stereocenters. The number of methoxy groups -OCH3 is 1. The zero-order chi connectivity index (χ0) is 27.2. The van der Waals surface area contributed by atoms with E-state index in [2.05, 4.69) is 4.90 Å². The molecule has 0 bridgehead atoms. The molecule has 3 aromatic rings. The Labute approximate surface area is 237 Å². The van der Waals surface area contributed by atoms with Gasteiger partial charge in [-0.1, -0.05) is 31.3 Å². The van der Waals surface area contributed by atoms with E-state index in [0.29, 0.717) is 36.1 Å². The Kier molecular flexibility index (Phi) is 12.0. The quantitative estimate of drug-likeness (QED) is 0.267. The normalized spacial score (nSPS) is 11.7. The standard InChI is InChI=1S/C27H38N4O4S2.ClH/c1-7-16-30(17-8-2)37(33,34)22-13-11-21(12-14-22)26(32)31(19-9-18-29(4)5)27-28-24-23(35-6)15-10-20(3)25(24)36-27;/h10-15H,7-9,16-19H2,1-6H3;1H. The van der Waals surface area contributed by atoms with Gasteiger partial charge in [-0.05, 0) is 82.7 Å². The molecule has 0 fully saturated rings. The Hall–Kier alpha value is -2.24. The first-order chi connectivity index (χ1) is 17.6. The van der Waals surface area contributed by atoms with Crippen LogP contribution in [0.4, 0.5) is 5.13 Å². The Bertz CT molecular complexity index is 1300. The first kappa shape index (κ1) is 32.0. The third-order valence-corrected chi connectivity index (χ3v) is 9.19. The molecule has 0 saturated heterocycles. The molecule has 38 heavy (non-hydrogen) atoms. The second-order valence-corrected chi connectivity index (χ2v) is 12.2. The number of sulfonamides is 1. The fourth-order valence-electron chi connectivity index (χ4n) is 4.13. The Morgan fingerprint density at radius 3 is 2.16 bits per heavy atom. The highest BCUT2D eigenvalue weighted by Gasteiger charge is 2.26. The van der Waals surface area contributed by atoms with Crippen LogP contribution < -0.4 is 9.64 Å². The van der Waals surface area contributed by atoms with Crippen LogP contribution in [0.25, 0.3) is 10.2 Å². The van der Waals surface area contributed by atoms with Gasteiger partial charge in [0.25, 0.3) is 5.91 Å². The van der Waals surface area contributed by atoms with Crippen molar-refractivity contribution in [1.29, 1.82) is 0 Å².